The van der Waals surface area contributed by atoms with Gasteiger partial charge in [-0.1, -0.05) is 60.7 Å². The predicted molar refractivity (Wildman–Crippen MR) is 175 cm³/mol. The van der Waals surface area contributed by atoms with Gasteiger partial charge in [-0.3, -0.25) is 0 Å². The summed E-state index contributed by atoms with van der Waals surface area (Å²) < 4.78 is 11.2. The topological polar surface area (TPSA) is 71.5 Å². The molecule has 0 aliphatic heterocycles. The molecule has 7 heteroatoms. The average molecular weight is 560 g/mol. The number of para-hydroxylation sites is 4. The lowest BCUT2D eigenvalue weighted by atomic mass is 10.1. The van der Waals surface area contributed by atoms with Gasteiger partial charge in [-0.05, 0) is 57.2 Å². The Balaban J connectivity index is 1.06. The second kappa shape index (κ2) is 12.5. The number of hydrogen-bond acceptors (Lipinski definition) is 7. The quantitative estimate of drug-likeness (QED) is 0.120. The number of benzene rings is 4. The molecular weight excluding hydrogens is 522 g/mol. The van der Waals surface area contributed by atoms with Crippen LogP contribution >= 0.6 is 0 Å². The minimum absolute atomic E-state index is 0.793. The first-order valence-electron chi connectivity index (χ1n) is 14.5. The summed E-state index contributed by atoms with van der Waals surface area (Å²) in [4.78, 5) is 12.2. The van der Waals surface area contributed by atoms with E-state index in [0.717, 1.165) is 106 Å². The van der Waals surface area contributed by atoms with Crippen molar-refractivity contribution in [2.75, 3.05) is 58.1 Å². The fraction of sp³-hybridized carbons (Fsp3) is 0.257. The van der Waals surface area contributed by atoms with Crippen LogP contribution in [0.2, 0.25) is 0 Å². The number of rotatable bonds is 12. The van der Waals surface area contributed by atoms with Crippen LogP contribution in [-0.2, 0) is 0 Å². The summed E-state index contributed by atoms with van der Waals surface area (Å²) in [5.74, 6) is 1.59. The molecule has 6 aromatic rings. The molecule has 42 heavy (non-hydrogen) atoms. The van der Waals surface area contributed by atoms with E-state index in [1.165, 1.54) is 0 Å². The number of methoxy groups -OCH3 is 2. The van der Waals surface area contributed by atoms with Crippen LogP contribution in [0, 0.1) is 0 Å². The van der Waals surface area contributed by atoms with E-state index in [1.54, 1.807) is 14.2 Å². The predicted octanol–water partition coefficient (Wildman–Crippen LogP) is 7.34. The summed E-state index contributed by atoms with van der Waals surface area (Å²) in [6.07, 6.45) is 2.07. The first kappa shape index (κ1) is 27.5. The third kappa shape index (κ3) is 5.48. The minimum Gasteiger partial charge on any atom is -0.494 e. The van der Waals surface area contributed by atoms with Gasteiger partial charge in [0.25, 0.3) is 0 Å². The van der Waals surface area contributed by atoms with Crippen molar-refractivity contribution >= 4 is 55.0 Å². The second-order valence-electron chi connectivity index (χ2n) is 10.6. The van der Waals surface area contributed by atoms with Gasteiger partial charge < -0.3 is 25.0 Å². The minimum atomic E-state index is 0.793. The van der Waals surface area contributed by atoms with Gasteiger partial charge in [0.1, 0.15) is 22.5 Å². The van der Waals surface area contributed by atoms with Gasteiger partial charge in [0, 0.05) is 34.6 Å². The molecule has 7 nitrogen and oxygen atoms in total. The Kier molecular flexibility index (Phi) is 8.19. The highest BCUT2D eigenvalue weighted by molar-refractivity contribution is 6.10. The fourth-order valence-electron chi connectivity index (χ4n) is 5.72. The maximum Gasteiger partial charge on any atom is 0.145 e. The van der Waals surface area contributed by atoms with Crippen LogP contribution in [0.15, 0.2) is 84.9 Å². The molecule has 0 bridgehead atoms. The summed E-state index contributed by atoms with van der Waals surface area (Å²) in [6.45, 7) is 3.77. The zero-order chi connectivity index (χ0) is 28.9. The van der Waals surface area contributed by atoms with Crippen LogP contribution in [-0.4, -0.2) is 62.3 Å². The van der Waals surface area contributed by atoms with Crippen molar-refractivity contribution in [2.45, 2.75) is 12.8 Å². The van der Waals surface area contributed by atoms with Crippen LogP contribution in [0.3, 0.4) is 0 Å². The van der Waals surface area contributed by atoms with Crippen molar-refractivity contribution in [3.63, 3.8) is 0 Å². The first-order valence-corrected chi connectivity index (χ1v) is 14.5. The summed E-state index contributed by atoms with van der Waals surface area (Å²) in [6, 6.07) is 28.8. The lowest BCUT2D eigenvalue weighted by Gasteiger charge is -2.19. The smallest absolute Gasteiger partial charge is 0.145 e. The maximum absolute atomic E-state index is 5.61. The van der Waals surface area contributed by atoms with Crippen molar-refractivity contribution in [2.24, 2.45) is 0 Å². The third-order valence-electron chi connectivity index (χ3n) is 7.82. The Morgan fingerprint density at radius 1 is 0.571 bits per heavy atom. The first-order chi connectivity index (χ1) is 20.7. The number of hydrogen-bond donors (Lipinski definition) is 2. The molecule has 214 valence electrons. The van der Waals surface area contributed by atoms with E-state index in [4.69, 9.17) is 19.4 Å². The van der Waals surface area contributed by atoms with E-state index in [1.807, 2.05) is 36.4 Å². The van der Waals surface area contributed by atoms with Crippen molar-refractivity contribution in [1.82, 2.24) is 14.9 Å². The largest absolute Gasteiger partial charge is 0.494 e. The van der Waals surface area contributed by atoms with E-state index < -0.39 is 0 Å². The third-order valence-corrected chi connectivity index (χ3v) is 7.82. The number of fused-ring (bicyclic) bond motifs is 4. The van der Waals surface area contributed by atoms with Crippen molar-refractivity contribution in [3.05, 3.63) is 84.9 Å². The van der Waals surface area contributed by atoms with Gasteiger partial charge in [-0.2, -0.15) is 0 Å². The highest BCUT2D eigenvalue weighted by Crippen LogP contribution is 2.36. The van der Waals surface area contributed by atoms with Gasteiger partial charge in [-0.15, -0.1) is 0 Å². The zero-order valence-electron chi connectivity index (χ0n) is 24.5. The van der Waals surface area contributed by atoms with Crippen LogP contribution in [0.4, 0.5) is 11.4 Å². The van der Waals surface area contributed by atoms with Crippen LogP contribution in [0.5, 0.6) is 11.5 Å². The molecule has 0 amide bonds. The van der Waals surface area contributed by atoms with E-state index in [9.17, 15) is 0 Å². The van der Waals surface area contributed by atoms with Gasteiger partial charge >= 0.3 is 0 Å². The SMILES string of the molecule is COc1cccc2c(NCCCN(C)CCCNc3c4ccccc4nc4c(OC)cccc34)c3ccccc3nc12. The fourth-order valence-corrected chi connectivity index (χ4v) is 5.72. The second-order valence-corrected chi connectivity index (χ2v) is 10.6. The Labute approximate surface area is 246 Å². The van der Waals surface area contributed by atoms with Gasteiger partial charge in [0.05, 0.1) is 36.6 Å². The number of ether oxygens (including phenoxy) is 2. The molecule has 0 saturated heterocycles. The van der Waals surface area contributed by atoms with Gasteiger partial charge in [0.2, 0.25) is 0 Å². The Morgan fingerprint density at radius 3 is 1.45 bits per heavy atom. The number of nitrogens with one attached hydrogen (secondary N) is 2. The molecule has 0 fully saturated rings. The highest BCUT2D eigenvalue weighted by atomic mass is 16.5. The van der Waals surface area contributed by atoms with Crippen molar-refractivity contribution < 1.29 is 9.47 Å². The Bertz CT molecular complexity index is 1720. The lowest BCUT2D eigenvalue weighted by molar-refractivity contribution is 0.331. The molecule has 0 aliphatic rings. The molecule has 0 radical (unpaired) electrons. The maximum atomic E-state index is 5.61. The molecule has 4 aromatic carbocycles. The number of nitrogens with zero attached hydrogens (tertiary/aromatic N) is 3. The molecular formula is C35H37N5O2. The summed E-state index contributed by atoms with van der Waals surface area (Å²) >= 11 is 0. The summed E-state index contributed by atoms with van der Waals surface area (Å²) in [5.41, 5.74) is 5.95. The molecule has 6 rings (SSSR count). The number of pyridine rings is 2. The molecule has 0 unspecified atom stereocenters. The Morgan fingerprint density at radius 2 is 1.00 bits per heavy atom. The number of anilines is 2. The molecule has 0 atom stereocenters. The molecule has 2 aromatic heterocycles. The molecule has 0 saturated carbocycles. The molecule has 0 spiro atoms. The van der Waals surface area contributed by atoms with E-state index >= 15 is 0 Å². The molecule has 0 aliphatic carbocycles. The summed E-state index contributed by atoms with van der Waals surface area (Å²) in [5, 5.41) is 11.9. The van der Waals surface area contributed by atoms with E-state index in [0.29, 0.717) is 0 Å². The van der Waals surface area contributed by atoms with Crippen LogP contribution < -0.4 is 20.1 Å². The van der Waals surface area contributed by atoms with Crippen molar-refractivity contribution in [1.29, 1.82) is 0 Å². The van der Waals surface area contributed by atoms with Crippen LogP contribution in [0.1, 0.15) is 12.8 Å². The number of aromatic nitrogens is 2. The van der Waals surface area contributed by atoms with Gasteiger partial charge in [0.15, 0.2) is 0 Å². The van der Waals surface area contributed by atoms with Gasteiger partial charge in [-0.25, -0.2) is 9.97 Å². The molecule has 2 N–H and O–H groups in total. The van der Waals surface area contributed by atoms with E-state index in [-0.39, 0.29) is 0 Å². The standard InChI is InChI=1S/C35H37N5O2/c1-40(22-10-20-36-32-24-12-4-6-16-28(24)38-34-26(32)14-8-18-30(34)41-2)23-11-21-37-33-25-13-5-7-17-29(25)39-35-27(33)15-9-19-31(35)42-3/h4-9,12-19H,10-11,20-23H2,1-3H3,(H,36,38)(H,37,39). The average Bonchev–Trinajstić information content (AvgIpc) is 3.03. The zero-order valence-corrected chi connectivity index (χ0v) is 24.5. The van der Waals surface area contributed by atoms with E-state index in [2.05, 4.69) is 71.1 Å². The normalized spacial score (nSPS) is 11.5. The molecule has 2 heterocycles. The van der Waals surface area contributed by atoms with Crippen LogP contribution in [0.25, 0.3) is 43.6 Å². The summed E-state index contributed by atoms with van der Waals surface area (Å²) in [7, 11) is 5.59. The lowest BCUT2D eigenvalue weighted by Crippen LogP contribution is -2.24. The van der Waals surface area contributed by atoms with Crippen molar-refractivity contribution in [3.8, 4) is 11.5 Å². The Hall–Kier alpha value is -4.62. The monoisotopic (exact) mass is 559 g/mol. The highest BCUT2D eigenvalue weighted by Gasteiger charge is 2.13.